The summed E-state index contributed by atoms with van der Waals surface area (Å²) in [6.07, 6.45) is 2.29. The summed E-state index contributed by atoms with van der Waals surface area (Å²) in [5, 5.41) is 3.86. The van der Waals surface area contributed by atoms with Gasteiger partial charge in [0, 0.05) is 26.2 Å². The van der Waals surface area contributed by atoms with Crippen molar-refractivity contribution in [3.63, 3.8) is 0 Å². The molecule has 0 unspecified atom stereocenters. The molecule has 0 saturated carbocycles. The average molecular weight is 243 g/mol. The van der Waals surface area contributed by atoms with E-state index in [1.54, 1.807) is 0 Å². The van der Waals surface area contributed by atoms with Crippen LogP contribution in [0.15, 0.2) is 16.5 Å². The molecule has 0 radical (unpaired) electrons. The van der Waals surface area contributed by atoms with Crippen molar-refractivity contribution in [3.8, 4) is 0 Å². The van der Waals surface area contributed by atoms with Gasteiger partial charge in [0.05, 0.1) is 6.04 Å². The number of nitrogens with zero attached hydrogens (tertiary/aromatic N) is 1. The zero-order valence-corrected chi connectivity index (χ0v) is 10.5. The lowest BCUT2D eigenvalue weighted by Crippen LogP contribution is -2.45. The molecule has 2 heterocycles. The van der Waals surface area contributed by atoms with Crippen LogP contribution in [0.2, 0.25) is 5.22 Å². The third kappa shape index (κ3) is 2.78. The number of piperazine rings is 1. The molecule has 1 aliphatic rings. The highest BCUT2D eigenvalue weighted by atomic mass is 35.5. The summed E-state index contributed by atoms with van der Waals surface area (Å²) in [6, 6.07) is 4.23. The molecule has 3 nitrogen and oxygen atoms in total. The van der Waals surface area contributed by atoms with E-state index >= 15 is 0 Å². The first-order chi connectivity index (χ1) is 7.81. The molecule has 90 valence electrons. The number of hydrogen-bond acceptors (Lipinski definition) is 3. The Hall–Kier alpha value is -0.510. The first kappa shape index (κ1) is 12.0. The number of halogens is 1. The molecule has 1 aromatic heterocycles. The zero-order chi connectivity index (χ0) is 11.4. The summed E-state index contributed by atoms with van der Waals surface area (Å²) in [5.74, 6) is 1.01. The molecular weight excluding hydrogens is 224 g/mol. The van der Waals surface area contributed by atoms with E-state index < -0.39 is 0 Å². The normalized spacial score (nSPS) is 19.9. The molecule has 1 aromatic rings. The standard InChI is InChI=1S/C12H19ClN2O/c1-2-3-10(11-4-5-12(13)16-11)15-8-6-14-7-9-15/h4-5,10,14H,2-3,6-9H2,1H3/t10-/m1/s1. The molecule has 0 aromatic carbocycles. The van der Waals surface area contributed by atoms with Gasteiger partial charge in [0.1, 0.15) is 5.76 Å². The van der Waals surface area contributed by atoms with Crippen LogP contribution in [0.25, 0.3) is 0 Å². The van der Waals surface area contributed by atoms with Crippen LogP contribution in [0, 0.1) is 0 Å². The predicted molar refractivity (Wildman–Crippen MR) is 65.8 cm³/mol. The summed E-state index contributed by atoms with van der Waals surface area (Å²) >= 11 is 5.85. The smallest absolute Gasteiger partial charge is 0.193 e. The molecule has 1 fully saturated rings. The highest BCUT2D eigenvalue weighted by molar-refractivity contribution is 6.28. The molecule has 1 saturated heterocycles. The van der Waals surface area contributed by atoms with Crippen molar-refractivity contribution < 1.29 is 4.42 Å². The molecule has 4 heteroatoms. The molecule has 16 heavy (non-hydrogen) atoms. The van der Waals surface area contributed by atoms with Crippen molar-refractivity contribution in [1.29, 1.82) is 0 Å². The lowest BCUT2D eigenvalue weighted by atomic mass is 10.1. The van der Waals surface area contributed by atoms with Crippen molar-refractivity contribution in [2.75, 3.05) is 26.2 Å². The Kier molecular flexibility index (Phi) is 4.27. The molecule has 0 spiro atoms. The topological polar surface area (TPSA) is 28.4 Å². The minimum atomic E-state index is 0.389. The van der Waals surface area contributed by atoms with E-state index in [1.807, 2.05) is 12.1 Å². The van der Waals surface area contributed by atoms with Crippen molar-refractivity contribution >= 4 is 11.6 Å². The number of hydrogen-bond donors (Lipinski definition) is 1. The van der Waals surface area contributed by atoms with Gasteiger partial charge < -0.3 is 9.73 Å². The third-order valence-corrected chi connectivity index (χ3v) is 3.28. The van der Waals surface area contributed by atoms with Crippen LogP contribution in [0.3, 0.4) is 0 Å². The summed E-state index contributed by atoms with van der Waals surface area (Å²) in [6.45, 7) is 6.51. The first-order valence-electron chi connectivity index (χ1n) is 6.01. The Balaban J connectivity index is 2.09. The average Bonchev–Trinajstić information content (AvgIpc) is 2.74. The molecule has 1 N–H and O–H groups in total. The van der Waals surface area contributed by atoms with Crippen LogP contribution in [0.5, 0.6) is 0 Å². The monoisotopic (exact) mass is 242 g/mol. The van der Waals surface area contributed by atoms with E-state index in [4.69, 9.17) is 16.0 Å². The summed E-state index contributed by atoms with van der Waals surface area (Å²) in [7, 11) is 0. The van der Waals surface area contributed by atoms with E-state index in [-0.39, 0.29) is 0 Å². The maximum atomic E-state index is 5.85. The fraction of sp³-hybridized carbons (Fsp3) is 0.667. The van der Waals surface area contributed by atoms with Crippen LogP contribution in [-0.4, -0.2) is 31.1 Å². The fourth-order valence-electron chi connectivity index (χ4n) is 2.28. The second kappa shape index (κ2) is 5.71. The minimum absolute atomic E-state index is 0.389. The molecule has 0 amide bonds. The Morgan fingerprint density at radius 2 is 2.19 bits per heavy atom. The van der Waals surface area contributed by atoms with Crippen LogP contribution in [-0.2, 0) is 0 Å². The number of furan rings is 1. The largest absolute Gasteiger partial charge is 0.448 e. The van der Waals surface area contributed by atoms with Crippen LogP contribution < -0.4 is 5.32 Å². The maximum Gasteiger partial charge on any atom is 0.193 e. The molecule has 0 aliphatic carbocycles. The molecular formula is C12H19ClN2O. The van der Waals surface area contributed by atoms with Crippen LogP contribution in [0.4, 0.5) is 0 Å². The molecule has 2 rings (SSSR count). The van der Waals surface area contributed by atoms with Crippen LogP contribution in [0.1, 0.15) is 31.6 Å². The number of rotatable bonds is 4. The highest BCUT2D eigenvalue weighted by Crippen LogP contribution is 2.28. The van der Waals surface area contributed by atoms with Gasteiger partial charge >= 0.3 is 0 Å². The highest BCUT2D eigenvalue weighted by Gasteiger charge is 2.23. The van der Waals surface area contributed by atoms with Gasteiger partial charge in [-0.2, -0.15) is 0 Å². The van der Waals surface area contributed by atoms with Gasteiger partial charge in [-0.1, -0.05) is 13.3 Å². The Morgan fingerprint density at radius 3 is 2.75 bits per heavy atom. The SMILES string of the molecule is CCC[C@H](c1ccc(Cl)o1)N1CCNCC1. The van der Waals surface area contributed by atoms with Gasteiger partial charge in [0.25, 0.3) is 0 Å². The van der Waals surface area contributed by atoms with Gasteiger partial charge in [-0.3, -0.25) is 4.90 Å². The Morgan fingerprint density at radius 1 is 1.44 bits per heavy atom. The van der Waals surface area contributed by atoms with Gasteiger partial charge in [0.15, 0.2) is 5.22 Å². The Labute approximate surface area is 102 Å². The van der Waals surface area contributed by atoms with Crippen molar-refractivity contribution in [3.05, 3.63) is 23.1 Å². The van der Waals surface area contributed by atoms with Crippen LogP contribution >= 0.6 is 11.6 Å². The van der Waals surface area contributed by atoms with E-state index in [2.05, 4.69) is 17.1 Å². The van der Waals surface area contributed by atoms with Crippen molar-refractivity contribution in [1.82, 2.24) is 10.2 Å². The van der Waals surface area contributed by atoms with Gasteiger partial charge in [-0.05, 0) is 30.2 Å². The van der Waals surface area contributed by atoms with E-state index in [1.165, 1.54) is 0 Å². The minimum Gasteiger partial charge on any atom is -0.448 e. The summed E-state index contributed by atoms with van der Waals surface area (Å²) in [5.41, 5.74) is 0. The Bertz CT molecular complexity index is 321. The number of nitrogens with one attached hydrogen (secondary N) is 1. The van der Waals surface area contributed by atoms with E-state index in [0.717, 1.165) is 44.8 Å². The predicted octanol–water partition coefficient (Wildman–Crippen LogP) is 2.68. The van der Waals surface area contributed by atoms with Gasteiger partial charge in [-0.15, -0.1) is 0 Å². The van der Waals surface area contributed by atoms with Gasteiger partial charge in [0.2, 0.25) is 0 Å². The second-order valence-corrected chi connectivity index (χ2v) is 4.60. The van der Waals surface area contributed by atoms with Gasteiger partial charge in [-0.25, -0.2) is 0 Å². The maximum absolute atomic E-state index is 5.85. The summed E-state index contributed by atoms with van der Waals surface area (Å²) in [4.78, 5) is 2.48. The molecule has 0 bridgehead atoms. The zero-order valence-electron chi connectivity index (χ0n) is 9.71. The first-order valence-corrected chi connectivity index (χ1v) is 6.39. The van der Waals surface area contributed by atoms with E-state index in [0.29, 0.717) is 11.3 Å². The lowest BCUT2D eigenvalue weighted by Gasteiger charge is -2.33. The fourth-order valence-corrected chi connectivity index (χ4v) is 2.43. The second-order valence-electron chi connectivity index (χ2n) is 4.23. The quantitative estimate of drug-likeness (QED) is 0.880. The summed E-state index contributed by atoms with van der Waals surface area (Å²) < 4.78 is 5.55. The van der Waals surface area contributed by atoms with Crippen molar-refractivity contribution in [2.24, 2.45) is 0 Å². The lowest BCUT2D eigenvalue weighted by molar-refractivity contribution is 0.146. The van der Waals surface area contributed by atoms with Crippen molar-refractivity contribution in [2.45, 2.75) is 25.8 Å². The third-order valence-electron chi connectivity index (χ3n) is 3.08. The molecule has 1 atom stereocenters. The molecule has 1 aliphatic heterocycles. The van der Waals surface area contributed by atoms with E-state index in [9.17, 15) is 0 Å².